The Balaban J connectivity index is 2.36. The van der Waals surface area contributed by atoms with Crippen LogP contribution in [0.1, 0.15) is 10.4 Å². The molecule has 0 fully saturated rings. The number of halogens is 1. The van der Waals surface area contributed by atoms with Gasteiger partial charge in [-0.25, -0.2) is 12.8 Å². The monoisotopic (exact) mass is 326 g/mol. The lowest BCUT2D eigenvalue weighted by molar-refractivity contribution is 0.0998. The maximum Gasteiger partial charge on any atom is 0.263 e. The van der Waals surface area contributed by atoms with E-state index in [2.05, 4.69) is 14.7 Å². The van der Waals surface area contributed by atoms with Crippen LogP contribution in [0.3, 0.4) is 0 Å². The first kappa shape index (κ1) is 15.0. The van der Waals surface area contributed by atoms with Gasteiger partial charge in [0.1, 0.15) is 10.7 Å². The molecule has 1 aromatic heterocycles. The molecule has 1 N–H and O–H groups in total. The molecule has 1 aromatic carbocycles. The number of hydrogen-bond acceptors (Lipinski definition) is 4. The summed E-state index contributed by atoms with van der Waals surface area (Å²) in [5, 5.41) is 5.38. The van der Waals surface area contributed by atoms with Crippen molar-refractivity contribution in [2.75, 3.05) is 4.72 Å². The van der Waals surface area contributed by atoms with Crippen LogP contribution in [0, 0.1) is 5.82 Å². The number of hydrogen-bond donors (Lipinski definition) is 1. The number of carbonyl (C=O) groups excluding carboxylic acids is 1. The molecule has 0 aliphatic carbocycles. The fourth-order valence-electron chi connectivity index (χ4n) is 1.47. The van der Waals surface area contributed by atoms with Gasteiger partial charge in [-0.1, -0.05) is 0 Å². The van der Waals surface area contributed by atoms with E-state index in [0.717, 1.165) is 23.5 Å². The highest BCUT2D eigenvalue weighted by Crippen LogP contribution is 2.24. The number of anilines is 1. The van der Waals surface area contributed by atoms with Crippen LogP contribution in [-0.4, -0.2) is 14.3 Å². The minimum atomic E-state index is -4.04. The highest BCUT2D eigenvalue weighted by Gasteiger charge is 2.23. The largest absolute Gasteiger partial charge is 0.287 e. The van der Waals surface area contributed by atoms with Crippen LogP contribution in [0.2, 0.25) is 0 Å². The normalized spacial score (nSPS) is 10.7. The number of azide groups is 1. The molecule has 7 nitrogen and oxygen atoms in total. The summed E-state index contributed by atoms with van der Waals surface area (Å²) < 4.78 is 39.4. The Morgan fingerprint density at radius 1 is 1.29 bits per heavy atom. The molecule has 2 rings (SSSR count). The predicted molar refractivity (Wildman–Crippen MR) is 75.0 cm³/mol. The second-order valence-corrected chi connectivity index (χ2v) is 6.15. The summed E-state index contributed by atoms with van der Waals surface area (Å²) >= 11 is 0.977. The fraction of sp³-hybridized carbons (Fsp3) is 0. The zero-order valence-electron chi connectivity index (χ0n) is 10.2. The van der Waals surface area contributed by atoms with Crippen LogP contribution in [0.25, 0.3) is 10.4 Å². The van der Waals surface area contributed by atoms with Crippen molar-refractivity contribution in [3.05, 3.63) is 56.8 Å². The molecule has 0 atom stereocenters. The third-order valence-corrected chi connectivity index (χ3v) is 4.69. The maximum absolute atomic E-state index is 12.8. The molecule has 1 heterocycles. The lowest BCUT2D eigenvalue weighted by atomic mass is 10.3. The molecule has 0 radical (unpaired) electrons. The molecule has 0 spiro atoms. The van der Waals surface area contributed by atoms with Crippen molar-refractivity contribution in [3.63, 3.8) is 0 Å². The molecular weight excluding hydrogens is 319 g/mol. The lowest BCUT2D eigenvalue weighted by Crippen LogP contribution is -2.15. The van der Waals surface area contributed by atoms with Gasteiger partial charge in [-0.2, -0.15) is 11.3 Å². The molecule has 21 heavy (non-hydrogen) atoms. The summed E-state index contributed by atoms with van der Waals surface area (Å²) in [4.78, 5) is 13.5. The van der Waals surface area contributed by atoms with Gasteiger partial charge in [0, 0.05) is 21.4 Å². The molecule has 2 aromatic rings. The van der Waals surface area contributed by atoms with E-state index in [4.69, 9.17) is 5.53 Å². The second-order valence-electron chi connectivity index (χ2n) is 3.76. The van der Waals surface area contributed by atoms with Crippen molar-refractivity contribution >= 4 is 33.0 Å². The van der Waals surface area contributed by atoms with Gasteiger partial charge in [-0.3, -0.25) is 9.52 Å². The average Bonchev–Trinajstić information content (AvgIpc) is 2.92. The number of sulfonamides is 1. The van der Waals surface area contributed by atoms with Gasteiger partial charge in [0.25, 0.3) is 15.9 Å². The molecule has 1 amide bonds. The van der Waals surface area contributed by atoms with Gasteiger partial charge in [-0.05, 0) is 34.9 Å². The number of thiophene rings is 1. The quantitative estimate of drug-likeness (QED) is 0.529. The first-order valence-corrected chi connectivity index (χ1v) is 7.80. The number of benzene rings is 1. The van der Waals surface area contributed by atoms with E-state index in [1.165, 1.54) is 22.9 Å². The van der Waals surface area contributed by atoms with Gasteiger partial charge in [0.2, 0.25) is 0 Å². The third-order valence-electron chi connectivity index (χ3n) is 2.38. The molecule has 0 aliphatic rings. The van der Waals surface area contributed by atoms with Crippen molar-refractivity contribution in [1.29, 1.82) is 0 Å². The van der Waals surface area contributed by atoms with Gasteiger partial charge in [0.05, 0.1) is 5.56 Å². The van der Waals surface area contributed by atoms with Gasteiger partial charge in [0.15, 0.2) is 0 Å². The summed E-state index contributed by atoms with van der Waals surface area (Å²) in [5.74, 6) is -1.49. The molecule has 0 aliphatic heterocycles. The number of nitrogens with one attached hydrogen (secondary N) is 1. The Kier molecular flexibility index (Phi) is 4.22. The summed E-state index contributed by atoms with van der Waals surface area (Å²) in [6.07, 6.45) is 0. The topological polar surface area (TPSA) is 112 Å². The van der Waals surface area contributed by atoms with E-state index in [1.54, 1.807) is 0 Å². The number of rotatable bonds is 4. The van der Waals surface area contributed by atoms with Crippen molar-refractivity contribution in [3.8, 4) is 0 Å². The first-order valence-electron chi connectivity index (χ1n) is 5.38. The zero-order valence-corrected chi connectivity index (χ0v) is 11.9. The smallest absolute Gasteiger partial charge is 0.263 e. The highest BCUT2D eigenvalue weighted by atomic mass is 32.2. The minimum Gasteiger partial charge on any atom is -0.287 e. The van der Waals surface area contributed by atoms with Crippen LogP contribution >= 0.6 is 11.3 Å². The van der Waals surface area contributed by atoms with Crippen molar-refractivity contribution in [2.45, 2.75) is 4.90 Å². The summed E-state index contributed by atoms with van der Waals surface area (Å²) in [7, 11) is -4.04. The van der Waals surface area contributed by atoms with E-state index < -0.39 is 21.7 Å². The van der Waals surface area contributed by atoms with E-state index in [9.17, 15) is 17.6 Å². The van der Waals surface area contributed by atoms with Crippen LogP contribution in [-0.2, 0) is 10.0 Å². The Labute approximate surface area is 122 Å². The molecule has 0 saturated heterocycles. The van der Waals surface area contributed by atoms with E-state index in [1.807, 2.05) is 0 Å². The van der Waals surface area contributed by atoms with Gasteiger partial charge >= 0.3 is 0 Å². The van der Waals surface area contributed by atoms with Crippen LogP contribution < -0.4 is 4.72 Å². The van der Waals surface area contributed by atoms with Crippen molar-refractivity contribution < 1.29 is 17.6 Å². The first-order chi connectivity index (χ1) is 9.94. The van der Waals surface area contributed by atoms with E-state index in [-0.39, 0.29) is 16.1 Å². The fourth-order valence-corrected chi connectivity index (χ4v) is 3.89. The second kappa shape index (κ2) is 5.92. The maximum atomic E-state index is 12.8. The Morgan fingerprint density at radius 2 is 1.95 bits per heavy atom. The predicted octanol–water partition coefficient (Wildman–Crippen LogP) is 3.14. The van der Waals surface area contributed by atoms with E-state index >= 15 is 0 Å². The van der Waals surface area contributed by atoms with Crippen LogP contribution in [0.15, 0.2) is 45.0 Å². The highest BCUT2D eigenvalue weighted by molar-refractivity contribution is 7.93. The standard InChI is InChI=1S/C11H7FN4O3S2/c12-7-1-3-8(4-2-7)15-21(18,19)10-6-20-5-9(10)11(17)14-16-13/h1-6,15H. The van der Waals surface area contributed by atoms with E-state index in [0.29, 0.717) is 0 Å². The summed E-state index contributed by atoms with van der Waals surface area (Å²) in [6, 6.07) is 4.68. The van der Waals surface area contributed by atoms with Crippen molar-refractivity contribution in [1.82, 2.24) is 0 Å². The Bertz CT molecular complexity index is 823. The minimum absolute atomic E-state index is 0.143. The van der Waals surface area contributed by atoms with Crippen LogP contribution in [0.4, 0.5) is 10.1 Å². The van der Waals surface area contributed by atoms with Crippen molar-refractivity contribution in [2.24, 2.45) is 5.11 Å². The number of carbonyl (C=O) groups is 1. The van der Waals surface area contributed by atoms with Crippen LogP contribution in [0.5, 0.6) is 0 Å². The Hall–Kier alpha value is -2.42. The summed E-state index contributed by atoms with van der Waals surface area (Å²) in [5.41, 5.74) is 8.16. The average molecular weight is 326 g/mol. The molecule has 0 unspecified atom stereocenters. The number of amides is 1. The number of nitrogens with zero attached hydrogens (tertiary/aromatic N) is 3. The van der Waals surface area contributed by atoms with Gasteiger partial charge < -0.3 is 0 Å². The summed E-state index contributed by atoms with van der Waals surface area (Å²) in [6.45, 7) is 0. The van der Waals surface area contributed by atoms with Gasteiger partial charge in [-0.15, -0.1) is 0 Å². The molecule has 10 heteroatoms. The lowest BCUT2D eigenvalue weighted by Gasteiger charge is -2.07. The Morgan fingerprint density at radius 3 is 2.57 bits per heavy atom. The zero-order chi connectivity index (χ0) is 15.5. The molecule has 108 valence electrons. The molecule has 0 bridgehead atoms. The third kappa shape index (κ3) is 3.37. The molecule has 0 saturated carbocycles. The molecular formula is C11H7FN4O3S2. The SMILES string of the molecule is [N-]=[N+]=NC(=O)c1cscc1S(=O)(=O)Nc1ccc(F)cc1.